The Morgan fingerprint density at radius 2 is 2.11 bits per heavy atom. The number of amides is 1. The Labute approximate surface area is 106 Å². The molecule has 0 radical (unpaired) electrons. The first-order valence-electron chi connectivity index (χ1n) is 6.36. The van der Waals surface area contributed by atoms with Crippen molar-refractivity contribution >= 4 is 15.7 Å². The molecule has 2 aliphatic heterocycles. The van der Waals surface area contributed by atoms with Crippen molar-refractivity contribution in [2.75, 3.05) is 18.1 Å². The molecule has 2 saturated heterocycles. The van der Waals surface area contributed by atoms with Gasteiger partial charge in [0.2, 0.25) is 5.91 Å². The van der Waals surface area contributed by atoms with Gasteiger partial charge in [0.15, 0.2) is 9.84 Å². The number of hydrogen-bond donors (Lipinski definition) is 2. The Morgan fingerprint density at radius 3 is 2.78 bits per heavy atom. The molecule has 0 bridgehead atoms. The summed E-state index contributed by atoms with van der Waals surface area (Å²) in [7, 11) is -3.02. The number of rotatable bonds is 2. The molecule has 5 atom stereocenters. The SMILES string of the molecule is NC1C2CCOC2C1NC(=O)C1CCS(=O)(=O)C1. The van der Waals surface area contributed by atoms with Gasteiger partial charge in [-0.15, -0.1) is 0 Å². The lowest BCUT2D eigenvalue weighted by Crippen LogP contribution is -2.69. The van der Waals surface area contributed by atoms with Crippen molar-refractivity contribution in [3.05, 3.63) is 0 Å². The molecule has 0 aromatic carbocycles. The van der Waals surface area contributed by atoms with E-state index in [4.69, 9.17) is 10.5 Å². The lowest BCUT2D eigenvalue weighted by Gasteiger charge is -2.45. The van der Waals surface area contributed by atoms with Crippen molar-refractivity contribution in [2.24, 2.45) is 17.6 Å². The number of hydrogen-bond acceptors (Lipinski definition) is 5. The summed E-state index contributed by atoms with van der Waals surface area (Å²) in [5.74, 6) is -0.171. The second-order valence-electron chi connectivity index (χ2n) is 5.50. The Morgan fingerprint density at radius 1 is 1.33 bits per heavy atom. The van der Waals surface area contributed by atoms with Crippen molar-refractivity contribution in [1.29, 1.82) is 0 Å². The summed E-state index contributed by atoms with van der Waals surface area (Å²) in [5, 5.41) is 2.86. The predicted octanol–water partition coefficient (Wildman–Crippen LogP) is -1.35. The van der Waals surface area contributed by atoms with E-state index >= 15 is 0 Å². The third-order valence-corrected chi connectivity index (χ3v) is 6.13. The molecule has 0 spiro atoms. The van der Waals surface area contributed by atoms with Gasteiger partial charge in [-0.2, -0.15) is 0 Å². The molecule has 3 fully saturated rings. The average Bonchev–Trinajstić information content (AvgIpc) is 2.89. The molecule has 0 aromatic rings. The minimum atomic E-state index is -3.02. The summed E-state index contributed by atoms with van der Waals surface area (Å²) in [6.07, 6.45) is 1.41. The van der Waals surface area contributed by atoms with E-state index in [1.807, 2.05) is 0 Å². The number of carbonyl (C=O) groups excluding carboxylic acids is 1. The summed E-state index contributed by atoms with van der Waals surface area (Å²) in [6, 6.07) is -0.201. The standard InChI is InChI=1S/C11H18N2O4S/c12-8-7-1-3-17-10(7)9(8)13-11(14)6-2-4-18(15,16)5-6/h6-10H,1-5,12H2,(H,13,14). The van der Waals surface area contributed by atoms with E-state index in [1.54, 1.807) is 0 Å². The van der Waals surface area contributed by atoms with Gasteiger partial charge in [0.05, 0.1) is 29.6 Å². The lowest BCUT2D eigenvalue weighted by atomic mass is 9.72. The van der Waals surface area contributed by atoms with E-state index in [2.05, 4.69) is 5.32 Å². The Kier molecular flexibility index (Phi) is 2.87. The number of ether oxygens (including phenoxy) is 1. The average molecular weight is 274 g/mol. The van der Waals surface area contributed by atoms with Gasteiger partial charge in [-0.25, -0.2) is 8.42 Å². The zero-order valence-electron chi connectivity index (χ0n) is 10.0. The van der Waals surface area contributed by atoms with Gasteiger partial charge in [-0.1, -0.05) is 0 Å². The zero-order chi connectivity index (χ0) is 12.9. The molecule has 7 heteroatoms. The second-order valence-corrected chi connectivity index (χ2v) is 7.73. The van der Waals surface area contributed by atoms with Crippen LogP contribution in [0.15, 0.2) is 0 Å². The van der Waals surface area contributed by atoms with Crippen LogP contribution in [0.3, 0.4) is 0 Å². The molecular formula is C11H18N2O4S. The van der Waals surface area contributed by atoms with Crippen LogP contribution in [0.5, 0.6) is 0 Å². The predicted molar refractivity (Wildman–Crippen MR) is 64.5 cm³/mol. The zero-order valence-corrected chi connectivity index (χ0v) is 10.9. The fourth-order valence-electron chi connectivity index (χ4n) is 3.21. The van der Waals surface area contributed by atoms with Gasteiger partial charge in [0, 0.05) is 18.6 Å². The van der Waals surface area contributed by atoms with Gasteiger partial charge in [0.25, 0.3) is 0 Å². The van der Waals surface area contributed by atoms with Crippen molar-refractivity contribution in [3.63, 3.8) is 0 Å². The highest BCUT2D eigenvalue weighted by molar-refractivity contribution is 7.91. The van der Waals surface area contributed by atoms with Gasteiger partial charge < -0.3 is 15.8 Å². The molecule has 3 aliphatic rings. The number of sulfone groups is 1. The van der Waals surface area contributed by atoms with Crippen LogP contribution in [0, 0.1) is 11.8 Å². The first kappa shape index (κ1) is 12.4. The molecule has 102 valence electrons. The summed E-state index contributed by atoms with van der Waals surface area (Å²) in [5.41, 5.74) is 6.00. The molecule has 6 nitrogen and oxygen atoms in total. The largest absolute Gasteiger partial charge is 0.376 e. The van der Waals surface area contributed by atoms with E-state index in [0.717, 1.165) is 6.42 Å². The van der Waals surface area contributed by atoms with E-state index in [1.165, 1.54) is 0 Å². The number of carbonyl (C=O) groups is 1. The van der Waals surface area contributed by atoms with Crippen LogP contribution in [0.25, 0.3) is 0 Å². The van der Waals surface area contributed by atoms with Crippen LogP contribution in [-0.2, 0) is 19.4 Å². The number of nitrogens with one attached hydrogen (secondary N) is 1. The summed E-state index contributed by atoms with van der Waals surface area (Å²) in [4.78, 5) is 12.0. The molecule has 0 aromatic heterocycles. The highest BCUT2D eigenvalue weighted by atomic mass is 32.2. The first-order valence-corrected chi connectivity index (χ1v) is 8.18. The van der Waals surface area contributed by atoms with Crippen molar-refractivity contribution in [1.82, 2.24) is 5.32 Å². The minimum absolute atomic E-state index is 0.0296. The minimum Gasteiger partial charge on any atom is -0.376 e. The Bertz CT molecular complexity index is 464. The Hall–Kier alpha value is -0.660. The summed E-state index contributed by atoms with van der Waals surface area (Å²) >= 11 is 0. The van der Waals surface area contributed by atoms with E-state index < -0.39 is 15.8 Å². The Balaban J connectivity index is 1.59. The maximum atomic E-state index is 12.0. The molecule has 18 heavy (non-hydrogen) atoms. The fourth-order valence-corrected chi connectivity index (χ4v) is 4.95. The topological polar surface area (TPSA) is 98.5 Å². The molecule has 5 unspecified atom stereocenters. The van der Waals surface area contributed by atoms with Crippen molar-refractivity contribution in [2.45, 2.75) is 31.0 Å². The van der Waals surface area contributed by atoms with Crippen LogP contribution in [0.1, 0.15) is 12.8 Å². The molecule has 1 saturated carbocycles. The van der Waals surface area contributed by atoms with Gasteiger partial charge in [-0.3, -0.25) is 4.79 Å². The fraction of sp³-hybridized carbons (Fsp3) is 0.909. The van der Waals surface area contributed by atoms with E-state index in [9.17, 15) is 13.2 Å². The quantitative estimate of drug-likeness (QED) is 0.649. The molecule has 3 N–H and O–H groups in total. The maximum Gasteiger partial charge on any atom is 0.224 e. The number of nitrogens with two attached hydrogens (primary N) is 1. The normalized spacial score (nSPS) is 45.3. The highest BCUT2D eigenvalue weighted by Crippen LogP contribution is 2.38. The molecular weight excluding hydrogens is 256 g/mol. The molecule has 1 aliphatic carbocycles. The van der Waals surface area contributed by atoms with Gasteiger partial charge in [-0.05, 0) is 12.8 Å². The third-order valence-electron chi connectivity index (χ3n) is 4.36. The second kappa shape index (κ2) is 4.18. The summed E-state index contributed by atoms with van der Waals surface area (Å²) in [6.45, 7) is 0.702. The van der Waals surface area contributed by atoms with Crippen LogP contribution >= 0.6 is 0 Å². The van der Waals surface area contributed by atoms with E-state index in [-0.39, 0.29) is 35.6 Å². The maximum absolute atomic E-state index is 12.0. The van der Waals surface area contributed by atoms with Crippen molar-refractivity contribution < 1.29 is 17.9 Å². The van der Waals surface area contributed by atoms with E-state index in [0.29, 0.717) is 18.9 Å². The van der Waals surface area contributed by atoms with Crippen LogP contribution < -0.4 is 11.1 Å². The molecule has 2 heterocycles. The third kappa shape index (κ3) is 1.94. The van der Waals surface area contributed by atoms with Crippen LogP contribution in [0.2, 0.25) is 0 Å². The monoisotopic (exact) mass is 274 g/mol. The summed E-state index contributed by atoms with van der Waals surface area (Å²) < 4.78 is 28.2. The van der Waals surface area contributed by atoms with Crippen LogP contribution in [0.4, 0.5) is 0 Å². The van der Waals surface area contributed by atoms with Gasteiger partial charge in [0.1, 0.15) is 0 Å². The smallest absolute Gasteiger partial charge is 0.224 e. The van der Waals surface area contributed by atoms with Crippen LogP contribution in [-0.4, -0.2) is 50.6 Å². The number of fused-ring (bicyclic) bond motifs is 1. The molecule has 3 rings (SSSR count). The first-order chi connectivity index (χ1) is 8.48. The lowest BCUT2D eigenvalue weighted by molar-refractivity contribution is -0.128. The van der Waals surface area contributed by atoms with Crippen molar-refractivity contribution in [3.8, 4) is 0 Å². The molecule has 1 amide bonds. The van der Waals surface area contributed by atoms with Gasteiger partial charge >= 0.3 is 0 Å². The highest BCUT2D eigenvalue weighted by Gasteiger charge is 2.53.